The number of nitrogens with one attached hydrogen (secondary N) is 1. The Morgan fingerprint density at radius 1 is 1.55 bits per heavy atom. The second-order valence-corrected chi connectivity index (χ2v) is 4.77. The Labute approximate surface area is 117 Å². The van der Waals surface area contributed by atoms with Gasteiger partial charge in [-0.25, -0.2) is 4.79 Å². The lowest BCUT2D eigenvalue weighted by atomic mass is 10.1. The van der Waals surface area contributed by atoms with E-state index < -0.39 is 6.04 Å². The molecule has 1 saturated heterocycles. The highest BCUT2D eigenvalue weighted by Crippen LogP contribution is 2.14. The summed E-state index contributed by atoms with van der Waals surface area (Å²) in [6, 6.07) is -0.573. The maximum Gasteiger partial charge on any atom is 0.330 e. The summed E-state index contributed by atoms with van der Waals surface area (Å²) in [7, 11) is 1.77. The van der Waals surface area contributed by atoms with E-state index >= 15 is 0 Å². The Morgan fingerprint density at radius 2 is 2.30 bits per heavy atom. The van der Waals surface area contributed by atoms with Gasteiger partial charge in [-0.05, 0) is 13.8 Å². The molecule has 2 rings (SSSR count). The third kappa shape index (κ3) is 2.82. The van der Waals surface area contributed by atoms with Crippen LogP contribution in [0.3, 0.4) is 0 Å². The summed E-state index contributed by atoms with van der Waals surface area (Å²) in [5, 5.41) is 7.29. The summed E-state index contributed by atoms with van der Waals surface area (Å²) in [6.45, 7) is 5.42. The average Bonchev–Trinajstić information content (AvgIpc) is 2.77. The summed E-state index contributed by atoms with van der Waals surface area (Å²) in [5.74, 6) is -0.537. The molecule has 7 nitrogen and oxygen atoms in total. The molecule has 1 aliphatic heterocycles. The van der Waals surface area contributed by atoms with Crippen LogP contribution in [0.25, 0.3) is 0 Å². The van der Waals surface area contributed by atoms with Gasteiger partial charge in [0.1, 0.15) is 6.04 Å². The fourth-order valence-electron chi connectivity index (χ4n) is 2.36. The number of nitrogens with zero attached hydrogens (tertiary/aromatic N) is 3. The van der Waals surface area contributed by atoms with Crippen LogP contribution >= 0.6 is 0 Å². The molecule has 0 aromatic carbocycles. The van der Waals surface area contributed by atoms with Crippen molar-refractivity contribution in [3.8, 4) is 0 Å². The average molecular weight is 280 g/mol. The highest BCUT2D eigenvalue weighted by atomic mass is 16.5. The van der Waals surface area contributed by atoms with Gasteiger partial charge in [0.25, 0.3) is 5.91 Å². The van der Waals surface area contributed by atoms with Crippen LogP contribution in [-0.4, -0.2) is 58.8 Å². The van der Waals surface area contributed by atoms with Gasteiger partial charge in [0.15, 0.2) is 0 Å². The molecule has 0 radical (unpaired) electrons. The lowest BCUT2D eigenvalue weighted by Gasteiger charge is -2.34. The van der Waals surface area contributed by atoms with Crippen molar-refractivity contribution in [2.45, 2.75) is 19.9 Å². The van der Waals surface area contributed by atoms with E-state index in [0.717, 1.165) is 0 Å². The number of carbonyl (C=O) groups excluding carboxylic acids is 2. The Bertz CT molecular complexity index is 512. The number of esters is 1. The normalized spacial score (nSPS) is 18.9. The van der Waals surface area contributed by atoms with Crippen LogP contribution in [0.2, 0.25) is 0 Å². The number of carbonyl (C=O) groups is 2. The number of aromatic nitrogens is 2. The van der Waals surface area contributed by atoms with Crippen LogP contribution < -0.4 is 5.32 Å². The molecule has 1 amide bonds. The highest BCUT2D eigenvalue weighted by molar-refractivity contribution is 5.97. The van der Waals surface area contributed by atoms with Crippen molar-refractivity contribution in [2.75, 3.05) is 26.2 Å². The Morgan fingerprint density at radius 3 is 2.90 bits per heavy atom. The van der Waals surface area contributed by atoms with Crippen LogP contribution in [0.5, 0.6) is 0 Å². The molecule has 1 N–H and O–H groups in total. The molecule has 1 atom stereocenters. The van der Waals surface area contributed by atoms with Gasteiger partial charge in [0, 0.05) is 32.9 Å². The predicted molar refractivity (Wildman–Crippen MR) is 72.3 cm³/mol. The first-order valence-corrected chi connectivity index (χ1v) is 6.73. The van der Waals surface area contributed by atoms with Crippen LogP contribution in [0.4, 0.5) is 0 Å². The zero-order valence-electron chi connectivity index (χ0n) is 12.0. The van der Waals surface area contributed by atoms with Crippen LogP contribution in [0.15, 0.2) is 6.20 Å². The molecule has 2 heterocycles. The number of hydrogen-bond donors (Lipinski definition) is 1. The molecule has 0 saturated carbocycles. The van der Waals surface area contributed by atoms with E-state index in [1.165, 1.54) is 0 Å². The van der Waals surface area contributed by atoms with Crippen molar-refractivity contribution in [1.29, 1.82) is 0 Å². The van der Waals surface area contributed by atoms with Gasteiger partial charge in [0.05, 0.1) is 17.9 Å². The van der Waals surface area contributed by atoms with Gasteiger partial charge in [0.2, 0.25) is 0 Å². The summed E-state index contributed by atoms with van der Waals surface area (Å²) < 4.78 is 6.64. The lowest BCUT2D eigenvalue weighted by Crippen LogP contribution is -2.57. The zero-order chi connectivity index (χ0) is 14.7. The number of hydrogen-bond acceptors (Lipinski definition) is 5. The minimum atomic E-state index is -0.573. The third-order valence-corrected chi connectivity index (χ3v) is 3.31. The molecule has 1 aromatic heterocycles. The van der Waals surface area contributed by atoms with E-state index in [-0.39, 0.29) is 11.9 Å². The molecule has 110 valence electrons. The van der Waals surface area contributed by atoms with E-state index in [1.807, 2.05) is 0 Å². The molecule has 0 bridgehead atoms. The summed E-state index contributed by atoms with van der Waals surface area (Å²) in [6.07, 6.45) is 1.68. The van der Waals surface area contributed by atoms with Crippen molar-refractivity contribution in [1.82, 2.24) is 20.0 Å². The molecule has 20 heavy (non-hydrogen) atoms. The second kappa shape index (κ2) is 6.04. The molecule has 1 aliphatic rings. The quantitative estimate of drug-likeness (QED) is 0.770. The minimum Gasteiger partial charge on any atom is -0.464 e. The standard InChI is InChI=1S/C13H20N4O3/c1-4-20-13(19)11-7-14-5-6-17(11)12(18)10-8-16(3)15-9(10)2/h8,11,14H,4-7H2,1-3H3. The van der Waals surface area contributed by atoms with Crippen LogP contribution in [-0.2, 0) is 16.6 Å². The third-order valence-electron chi connectivity index (χ3n) is 3.31. The van der Waals surface area contributed by atoms with Crippen molar-refractivity contribution in [3.63, 3.8) is 0 Å². The first kappa shape index (κ1) is 14.5. The van der Waals surface area contributed by atoms with E-state index in [4.69, 9.17) is 4.74 Å². The zero-order valence-corrected chi connectivity index (χ0v) is 12.0. The lowest BCUT2D eigenvalue weighted by molar-refractivity contribution is -0.149. The summed E-state index contributed by atoms with van der Waals surface area (Å²) >= 11 is 0. The molecule has 0 aliphatic carbocycles. The van der Waals surface area contributed by atoms with E-state index in [0.29, 0.717) is 37.5 Å². The minimum absolute atomic E-state index is 0.171. The molecule has 1 unspecified atom stereocenters. The van der Waals surface area contributed by atoms with Gasteiger partial charge in [-0.3, -0.25) is 9.48 Å². The fraction of sp³-hybridized carbons (Fsp3) is 0.615. The van der Waals surface area contributed by atoms with Crippen molar-refractivity contribution in [2.24, 2.45) is 7.05 Å². The first-order chi connectivity index (χ1) is 9.54. The Kier molecular flexibility index (Phi) is 4.39. The first-order valence-electron chi connectivity index (χ1n) is 6.73. The number of aryl methyl sites for hydroxylation is 2. The summed E-state index contributed by atoms with van der Waals surface area (Å²) in [5.41, 5.74) is 1.20. The maximum atomic E-state index is 12.6. The monoisotopic (exact) mass is 280 g/mol. The van der Waals surface area contributed by atoms with Crippen LogP contribution in [0.1, 0.15) is 23.0 Å². The number of rotatable bonds is 3. The largest absolute Gasteiger partial charge is 0.464 e. The SMILES string of the molecule is CCOC(=O)C1CNCCN1C(=O)c1cn(C)nc1C. The topological polar surface area (TPSA) is 76.5 Å². The Balaban J connectivity index is 2.21. The summed E-state index contributed by atoms with van der Waals surface area (Å²) in [4.78, 5) is 26.1. The molecule has 0 spiro atoms. The predicted octanol–water partition coefficient (Wildman–Crippen LogP) is -0.294. The Hall–Kier alpha value is -1.89. The highest BCUT2D eigenvalue weighted by Gasteiger charge is 2.34. The molecular formula is C13H20N4O3. The number of piperazine rings is 1. The van der Waals surface area contributed by atoms with Gasteiger partial charge in [-0.2, -0.15) is 5.10 Å². The van der Waals surface area contributed by atoms with Gasteiger partial charge in [-0.15, -0.1) is 0 Å². The van der Waals surface area contributed by atoms with Gasteiger partial charge >= 0.3 is 5.97 Å². The van der Waals surface area contributed by atoms with Crippen molar-refractivity contribution >= 4 is 11.9 Å². The van der Waals surface area contributed by atoms with E-state index in [9.17, 15) is 9.59 Å². The van der Waals surface area contributed by atoms with Gasteiger partial charge < -0.3 is 15.0 Å². The smallest absolute Gasteiger partial charge is 0.330 e. The van der Waals surface area contributed by atoms with Crippen molar-refractivity contribution < 1.29 is 14.3 Å². The van der Waals surface area contributed by atoms with Crippen molar-refractivity contribution in [3.05, 3.63) is 17.5 Å². The van der Waals surface area contributed by atoms with E-state index in [1.54, 1.807) is 36.7 Å². The maximum absolute atomic E-state index is 12.6. The second-order valence-electron chi connectivity index (χ2n) is 4.77. The molecule has 1 aromatic rings. The number of amides is 1. The van der Waals surface area contributed by atoms with Gasteiger partial charge in [-0.1, -0.05) is 0 Å². The van der Waals surface area contributed by atoms with E-state index in [2.05, 4.69) is 10.4 Å². The number of ether oxygens (including phenoxy) is 1. The molecule has 7 heteroatoms. The molecular weight excluding hydrogens is 260 g/mol. The van der Waals surface area contributed by atoms with Crippen LogP contribution in [0, 0.1) is 6.92 Å². The molecule has 1 fully saturated rings. The fourth-order valence-corrected chi connectivity index (χ4v) is 2.36.